The number of carbonyl (C=O) groups excluding carboxylic acids is 1. The van der Waals surface area contributed by atoms with Crippen molar-refractivity contribution in [1.29, 1.82) is 0 Å². The average Bonchev–Trinajstić information content (AvgIpc) is 3.19. The molecule has 0 atom stereocenters. The molecule has 3 heterocycles. The lowest BCUT2D eigenvalue weighted by molar-refractivity contribution is -0.120. The SMILES string of the molecule is CC1(C)CC(=O)Cc2nc3c(cnc4c3c(-c3ccc(Cl)cc3)nn4-c3ccccc3)cc21. The lowest BCUT2D eigenvalue weighted by Gasteiger charge is -2.31. The van der Waals surface area contributed by atoms with E-state index in [9.17, 15) is 4.79 Å². The molecule has 0 radical (unpaired) electrons. The molecule has 0 saturated heterocycles. The summed E-state index contributed by atoms with van der Waals surface area (Å²) < 4.78 is 1.86. The number of ketones is 1. The number of hydrogen-bond acceptors (Lipinski definition) is 4. The van der Waals surface area contributed by atoms with Crippen molar-refractivity contribution in [2.75, 3.05) is 0 Å². The minimum Gasteiger partial charge on any atom is -0.299 e. The monoisotopic (exact) mass is 452 g/mol. The van der Waals surface area contributed by atoms with Crippen LogP contribution in [0.3, 0.4) is 0 Å². The highest BCUT2D eigenvalue weighted by atomic mass is 35.5. The Bertz CT molecular complexity index is 1550. The summed E-state index contributed by atoms with van der Waals surface area (Å²) in [5, 5.41) is 7.46. The summed E-state index contributed by atoms with van der Waals surface area (Å²) in [6.07, 6.45) is 2.76. The van der Waals surface area contributed by atoms with E-state index in [1.54, 1.807) is 0 Å². The molecule has 0 saturated carbocycles. The molecule has 2 aromatic carbocycles. The fraction of sp³-hybridized carbons (Fsp3) is 0.185. The van der Waals surface area contributed by atoms with Gasteiger partial charge in [-0.05, 0) is 41.3 Å². The van der Waals surface area contributed by atoms with Gasteiger partial charge in [0.1, 0.15) is 11.5 Å². The topological polar surface area (TPSA) is 60.7 Å². The number of Topliss-reactive ketones (excluding diaryl/α,β-unsaturated/α-hetero) is 1. The number of hydrogen-bond donors (Lipinski definition) is 0. The highest BCUT2D eigenvalue weighted by molar-refractivity contribution is 6.30. The summed E-state index contributed by atoms with van der Waals surface area (Å²) in [4.78, 5) is 22.4. The van der Waals surface area contributed by atoms with Gasteiger partial charge in [0.05, 0.1) is 22.3 Å². The second kappa shape index (κ2) is 7.22. The van der Waals surface area contributed by atoms with Gasteiger partial charge >= 0.3 is 0 Å². The van der Waals surface area contributed by atoms with Gasteiger partial charge in [0.2, 0.25) is 0 Å². The Balaban J connectivity index is 1.71. The van der Waals surface area contributed by atoms with Gasteiger partial charge in [-0.3, -0.25) is 9.78 Å². The Morgan fingerprint density at radius 3 is 2.55 bits per heavy atom. The maximum atomic E-state index is 12.5. The molecule has 6 rings (SSSR count). The van der Waals surface area contributed by atoms with E-state index in [4.69, 9.17) is 26.7 Å². The average molecular weight is 453 g/mol. The van der Waals surface area contributed by atoms with E-state index in [1.807, 2.05) is 65.5 Å². The standard InChI is InChI=1S/C27H21ClN4O/c1-27(2)14-20(33)13-22-21(27)12-17-15-29-26-23(24(17)30-22)25(16-8-10-18(28)11-9-16)31-32(26)19-6-4-3-5-7-19/h3-12,15H,13-14H2,1-2H3. The van der Waals surface area contributed by atoms with Crippen LogP contribution < -0.4 is 0 Å². The second-order valence-corrected chi connectivity index (χ2v) is 9.69. The summed E-state index contributed by atoms with van der Waals surface area (Å²) in [6.45, 7) is 4.21. The van der Waals surface area contributed by atoms with Gasteiger partial charge in [-0.15, -0.1) is 0 Å². The third-order valence-electron chi connectivity index (χ3n) is 6.41. The van der Waals surface area contributed by atoms with E-state index < -0.39 is 0 Å². The smallest absolute Gasteiger partial charge is 0.165 e. The van der Waals surface area contributed by atoms with Crippen LogP contribution in [0.25, 0.3) is 38.9 Å². The lowest BCUT2D eigenvalue weighted by Crippen LogP contribution is -2.30. The molecule has 6 heteroatoms. The summed E-state index contributed by atoms with van der Waals surface area (Å²) in [7, 11) is 0. The van der Waals surface area contributed by atoms with Crippen molar-refractivity contribution in [3.05, 3.63) is 83.1 Å². The van der Waals surface area contributed by atoms with Crippen LogP contribution in [0, 0.1) is 0 Å². The number of rotatable bonds is 2. The third-order valence-corrected chi connectivity index (χ3v) is 6.66. The van der Waals surface area contributed by atoms with Crippen molar-refractivity contribution >= 4 is 39.3 Å². The van der Waals surface area contributed by atoms with Crippen molar-refractivity contribution in [2.24, 2.45) is 0 Å². The van der Waals surface area contributed by atoms with Crippen molar-refractivity contribution in [1.82, 2.24) is 19.7 Å². The first-order chi connectivity index (χ1) is 15.9. The Morgan fingerprint density at radius 1 is 1.03 bits per heavy atom. The lowest BCUT2D eigenvalue weighted by atomic mass is 9.73. The predicted octanol–water partition coefficient (Wildman–Crippen LogP) is 6.08. The number of pyridine rings is 2. The molecule has 1 aliphatic carbocycles. The number of fused-ring (bicyclic) bond motifs is 4. The molecule has 33 heavy (non-hydrogen) atoms. The van der Waals surface area contributed by atoms with Crippen LogP contribution in [0.15, 0.2) is 66.9 Å². The fourth-order valence-electron chi connectivity index (χ4n) is 4.86. The second-order valence-electron chi connectivity index (χ2n) is 9.26. The molecule has 0 N–H and O–H groups in total. The fourth-order valence-corrected chi connectivity index (χ4v) is 4.99. The molecule has 162 valence electrons. The van der Waals surface area contributed by atoms with Crippen LogP contribution >= 0.6 is 11.6 Å². The van der Waals surface area contributed by atoms with Gasteiger partial charge in [-0.25, -0.2) is 9.67 Å². The largest absolute Gasteiger partial charge is 0.299 e. The zero-order valence-corrected chi connectivity index (χ0v) is 19.1. The van der Waals surface area contributed by atoms with Gasteiger partial charge in [0, 0.05) is 35.0 Å². The molecule has 0 aliphatic heterocycles. The molecule has 0 fully saturated rings. The van der Waals surface area contributed by atoms with E-state index in [0.717, 1.165) is 50.1 Å². The normalized spacial score (nSPS) is 15.2. The summed E-state index contributed by atoms with van der Waals surface area (Å²) in [5.41, 5.74) is 5.92. The van der Waals surface area contributed by atoms with Crippen LogP contribution in [-0.4, -0.2) is 25.5 Å². The quantitative estimate of drug-likeness (QED) is 0.325. The predicted molar refractivity (Wildman–Crippen MR) is 131 cm³/mol. The maximum Gasteiger partial charge on any atom is 0.165 e. The van der Waals surface area contributed by atoms with Crippen LogP contribution in [0.2, 0.25) is 5.02 Å². The van der Waals surface area contributed by atoms with E-state index >= 15 is 0 Å². The number of halogens is 1. The summed E-state index contributed by atoms with van der Waals surface area (Å²) >= 11 is 6.15. The minimum absolute atomic E-state index is 0.225. The molecule has 0 unspecified atom stereocenters. The van der Waals surface area contributed by atoms with E-state index in [0.29, 0.717) is 17.9 Å². The minimum atomic E-state index is -0.242. The van der Waals surface area contributed by atoms with Gasteiger partial charge in [0.25, 0.3) is 0 Å². The first-order valence-electron chi connectivity index (χ1n) is 11.0. The Hall–Kier alpha value is -3.57. The molecule has 5 nitrogen and oxygen atoms in total. The van der Waals surface area contributed by atoms with E-state index in [-0.39, 0.29) is 11.2 Å². The molecule has 3 aromatic heterocycles. The highest BCUT2D eigenvalue weighted by Gasteiger charge is 2.33. The summed E-state index contributed by atoms with van der Waals surface area (Å²) in [5.74, 6) is 0.225. The van der Waals surface area contributed by atoms with Gasteiger partial charge in [-0.2, -0.15) is 5.10 Å². The molecular formula is C27H21ClN4O. The van der Waals surface area contributed by atoms with Crippen LogP contribution in [0.4, 0.5) is 0 Å². The number of para-hydroxylation sites is 1. The van der Waals surface area contributed by atoms with Gasteiger partial charge < -0.3 is 0 Å². The number of aromatic nitrogens is 4. The third kappa shape index (κ3) is 3.23. The zero-order valence-electron chi connectivity index (χ0n) is 18.3. The first kappa shape index (κ1) is 20.1. The molecule has 1 aliphatic rings. The Kier molecular flexibility index (Phi) is 4.39. The van der Waals surface area contributed by atoms with Gasteiger partial charge in [0.15, 0.2) is 5.65 Å². The number of benzene rings is 2. The summed E-state index contributed by atoms with van der Waals surface area (Å²) in [6, 6.07) is 19.7. The first-order valence-corrected chi connectivity index (χ1v) is 11.3. The molecule has 0 amide bonds. The van der Waals surface area contributed by atoms with Gasteiger partial charge in [-0.1, -0.05) is 55.8 Å². The Labute approximate surface area is 196 Å². The molecule has 0 spiro atoms. The molecule has 5 aromatic rings. The van der Waals surface area contributed by atoms with Crippen molar-refractivity contribution in [3.63, 3.8) is 0 Å². The number of nitrogens with zero attached hydrogens (tertiary/aromatic N) is 4. The van der Waals surface area contributed by atoms with Crippen LogP contribution in [-0.2, 0) is 16.6 Å². The molecular weight excluding hydrogens is 432 g/mol. The van der Waals surface area contributed by atoms with Crippen molar-refractivity contribution in [2.45, 2.75) is 32.1 Å². The molecule has 0 bridgehead atoms. The Morgan fingerprint density at radius 2 is 1.79 bits per heavy atom. The van der Waals surface area contributed by atoms with Crippen molar-refractivity contribution < 1.29 is 4.79 Å². The van der Waals surface area contributed by atoms with Crippen LogP contribution in [0.1, 0.15) is 31.5 Å². The maximum absolute atomic E-state index is 12.5. The highest BCUT2D eigenvalue weighted by Crippen LogP contribution is 2.39. The van der Waals surface area contributed by atoms with E-state index in [2.05, 4.69) is 19.9 Å². The van der Waals surface area contributed by atoms with Crippen molar-refractivity contribution in [3.8, 4) is 16.9 Å². The zero-order chi connectivity index (χ0) is 22.7. The van der Waals surface area contributed by atoms with Crippen LogP contribution in [0.5, 0.6) is 0 Å². The number of carbonyl (C=O) groups is 1. The van der Waals surface area contributed by atoms with E-state index in [1.165, 1.54) is 0 Å².